The van der Waals surface area contributed by atoms with Crippen LogP contribution in [0.2, 0.25) is 0 Å². The molecule has 0 bridgehead atoms. The van der Waals surface area contributed by atoms with Crippen LogP contribution < -0.4 is 0 Å². The lowest BCUT2D eigenvalue weighted by atomic mass is 10.1. The van der Waals surface area contributed by atoms with Crippen molar-refractivity contribution in [1.29, 1.82) is 0 Å². The summed E-state index contributed by atoms with van der Waals surface area (Å²) in [4.78, 5) is 15.7. The van der Waals surface area contributed by atoms with Gasteiger partial charge >= 0.3 is 5.97 Å². The molecule has 0 saturated heterocycles. The van der Waals surface area contributed by atoms with E-state index in [1.807, 2.05) is 12.1 Å². The predicted octanol–water partition coefficient (Wildman–Crippen LogP) is 3.21. The van der Waals surface area contributed by atoms with Crippen LogP contribution in [0.5, 0.6) is 0 Å². The highest BCUT2D eigenvalue weighted by Gasteiger charge is 2.10. The second-order valence-corrected chi connectivity index (χ2v) is 4.64. The third-order valence-electron chi connectivity index (χ3n) is 2.32. The van der Waals surface area contributed by atoms with Gasteiger partial charge in [-0.1, -0.05) is 6.07 Å². The second-order valence-electron chi connectivity index (χ2n) is 3.59. The van der Waals surface area contributed by atoms with Gasteiger partial charge in [0.15, 0.2) is 0 Å². The van der Waals surface area contributed by atoms with Crippen LogP contribution >= 0.6 is 11.8 Å². The number of aromatic carboxylic acids is 1. The van der Waals surface area contributed by atoms with Crippen LogP contribution in [0.4, 0.5) is 4.39 Å². The largest absolute Gasteiger partial charge is 0.478 e. The minimum Gasteiger partial charge on any atom is -0.478 e. The lowest BCUT2D eigenvalue weighted by molar-refractivity contribution is 0.0692. The Balaban J connectivity index is 2.11. The first-order chi connectivity index (χ1) is 8.66. The van der Waals surface area contributed by atoms with Crippen LogP contribution in [-0.4, -0.2) is 16.1 Å². The Kier molecular flexibility index (Phi) is 3.94. The van der Waals surface area contributed by atoms with E-state index < -0.39 is 11.8 Å². The van der Waals surface area contributed by atoms with Crippen LogP contribution in [0.3, 0.4) is 0 Å². The van der Waals surface area contributed by atoms with Gasteiger partial charge in [-0.3, -0.25) is 4.98 Å². The average Bonchev–Trinajstić information content (AvgIpc) is 2.38. The molecule has 1 heterocycles. The van der Waals surface area contributed by atoms with Crippen molar-refractivity contribution in [3.8, 4) is 0 Å². The van der Waals surface area contributed by atoms with E-state index >= 15 is 0 Å². The van der Waals surface area contributed by atoms with E-state index in [2.05, 4.69) is 4.98 Å². The van der Waals surface area contributed by atoms with Crippen LogP contribution in [0.1, 0.15) is 15.9 Å². The van der Waals surface area contributed by atoms with Crippen molar-refractivity contribution in [2.45, 2.75) is 10.6 Å². The highest BCUT2D eigenvalue weighted by molar-refractivity contribution is 7.98. The zero-order valence-electron chi connectivity index (χ0n) is 9.34. The summed E-state index contributed by atoms with van der Waals surface area (Å²) in [5, 5.41) is 8.82. The molecule has 0 saturated carbocycles. The number of thioether (sulfide) groups is 1. The van der Waals surface area contributed by atoms with Gasteiger partial charge < -0.3 is 5.11 Å². The van der Waals surface area contributed by atoms with Crippen molar-refractivity contribution < 1.29 is 14.3 Å². The maximum atomic E-state index is 13.2. The summed E-state index contributed by atoms with van der Waals surface area (Å²) in [6.07, 6.45) is 3.38. The number of carbonyl (C=O) groups is 1. The average molecular weight is 263 g/mol. The van der Waals surface area contributed by atoms with Crippen LogP contribution in [0, 0.1) is 5.82 Å². The fourth-order valence-corrected chi connectivity index (χ4v) is 2.25. The Morgan fingerprint density at radius 3 is 2.67 bits per heavy atom. The lowest BCUT2D eigenvalue weighted by Gasteiger charge is -2.04. The van der Waals surface area contributed by atoms with Gasteiger partial charge in [0.1, 0.15) is 5.82 Å². The molecule has 1 N–H and O–H groups in total. The molecule has 0 amide bonds. The number of halogens is 1. The molecule has 2 rings (SSSR count). The van der Waals surface area contributed by atoms with E-state index in [0.717, 1.165) is 10.5 Å². The summed E-state index contributed by atoms with van der Waals surface area (Å²) in [7, 11) is 0. The van der Waals surface area contributed by atoms with E-state index in [9.17, 15) is 9.18 Å². The predicted molar refractivity (Wildman–Crippen MR) is 67.2 cm³/mol. The van der Waals surface area contributed by atoms with E-state index in [-0.39, 0.29) is 5.56 Å². The summed E-state index contributed by atoms with van der Waals surface area (Å²) in [6, 6.07) is 7.88. The minimum atomic E-state index is -1.25. The molecule has 3 nitrogen and oxygen atoms in total. The minimum absolute atomic E-state index is 0.289. The highest BCUT2D eigenvalue weighted by Crippen LogP contribution is 2.23. The molecule has 5 heteroatoms. The Bertz CT molecular complexity index is 560. The number of hydrogen-bond donors (Lipinski definition) is 1. The summed E-state index contributed by atoms with van der Waals surface area (Å²) < 4.78 is 13.2. The molecule has 0 spiro atoms. The third-order valence-corrected chi connectivity index (χ3v) is 3.40. The molecular formula is C13H10FNO2S. The fraction of sp³-hybridized carbons (Fsp3) is 0.0769. The van der Waals surface area contributed by atoms with Gasteiger partial charge in [0.2, 0.25) is 0 Å². The van der Waals surface area contributed by atoms with Gasteiger partial charge in [-0.2, -0.15) is 0 Å². The highest BCUT2D eigenvalue weighted by atomic mass is 32.2. The number of carboxylic acid groups (broad SMARTS) is 1. The maximum absolute atomic E-state index is 13.2. The van der Waals surface area contributed by atoms with E-state index in [1.54, 1.807) is 30.2 Å². The molecule has 0 unspecified atom stereocenters. The van der Waals surface area contributed by atoms with Gasteiger partial charge in [0, 0.05) is 23.0 Å². The molecule has 18 heavy (non-hydrogen) atoms. The van der Waals surface area contributed by atoms with Crippen molar-refractivity contribution >= 4 is 17.7 Å². The molecule has 0 radical (unpaired) electrons. The third kappa shape index (κ3) is 3.07. The molecule has 0 fully saturated rings. The summed E-state index contributed by atoms with van der Waals surface area (Å²) in [5.41, 5.74) is 0.485. The SMILES string of the molecule is O=C(O)c1cc(CSc2ccncc2)ccc1F. The van der Waals surface area contributed by atoms with Crippen LogP contribution in [0.25, 0.3) is 0 Å². The number of carboxylic acids is 1. The molecule has 0 aliphatic heterocycles. The van der Waals surface area contributed by atoms with E-state index in [4.69, 9.17) is 5.11 Å². The topological polar surface area (TPSA) is 50.2 Å². The van der Waals surface area contributed by atoms with Crippen molar-refractivity contribution in [1.82, 2.24) is 4.98 Å². The van der Waals surface area contributed by atoms with Crippen LogP contribution in [-0.2, 0) is 5.75 Å². The summed E-state index contributed by atoms with van der Waals surface area (Å²) in [5.74, 6) is -1.37. The zero-order valence-corrected chi connectivity index (χ0v) is 10.2. The monoisotopic (exact) mass is 263 g/mol. The van der Waals surface area contributed by atoms with Gasteiger partial charge in [0.05, 0.1) is 5.56 Å². The molecule has 1 aromatic carbocycles. The van der Waals surface area contributed by atoms with Crippen molar-refractivity contribution in [3.05, 3.63) is 59.7 Å². The number of rotatable bonds is 4. The quantitative estimate of drug-likeness (QED) is 0.860. The molecular weight excluding hydrogens is 253 g/mol. The Morgan fingerprint density at radius 2 is 2.00 bits per heavy atom. The van der Waals surface area contributed by atoms with E-state index in [1.165, 1.54) is 12.1 Å². The molecule has 0 aliphatic carbocycles. The van der Waals surface area contributed by atoms with Gasteiger partial charge in [-0.05, 0) is 29.8 Å². The number of hydrogen-bond acceptors (Lipinski definition) is 3. The summed E-state index contributed by atoms with van der Waals surface area (Å²) >= 11 is 1.54. The van der Waals surface area contributed by atoms with Crippen molar-refractivity contribution in [2.75, 3.05) is 0 Å². The number of nitrogens with zero attached hydrogens (tertiary/aromatic N) is 1. The molecule has 0 aliphatic rings. The van der Waals surface area contributed by atoms with Crippen LogP contribution in [0.15, 0.2) is 47.6 Å². The van der Waals surface area contributed by atoms with Crippen molar-refractivity contribution in [3.63, 3.8) is 0 Å². The van der Waals surface area contributed by atoms with Gasteiger partial charge in [-0.15, -0.1) is 11.8 Å². The second kappa shape index (κ2) is 5.64. The van der Waals surface area contributed by atoms with Crippen molar-refractivity contribution in [2.24, 2.45) is 0 Å². The fourth-order valence-electron chi connectivity index (χ4n) is 1.43. The first kappa shape index (κ1) is 12.6. The smallest absolute Gasteiger partial charge is 0.338 e. The molecule has 2 aromatic rings. The first-order valence-electron chi connectivity index (χ1n) is 5.21. The lowest BCUT2D eigenvalue weighted by Crippen LogP contribution is -2.01. The molecule has 1 aromatic heterocycles. The summed E-state index contributed by atoms with van der Waals surface area (Å²) in [6.45, 7) is 0. The number of benzene rings is 1. The Labute approximate surface area is 108 Å². The molecule has 0 atom stereocenters. The van der Waals surface area contributed by atoms with Gasteiger partial charge in [0.25, 0.3) is 0 Å². The normalized spacial score (nSPS) is 10.3. The number of aromatic nitrogens is 1. The maximum Gasteiger partial charge on any atom is 0.338 e. The van der Waals surface area contributed by atoms with Gasteiger partial charge in [-0.25, -0.2) is 9.18 Å². The Hall–Kier alpha value is -1.88. The Morgan fingerprint density at radius 1 is 1.28 bits per heavy atom. The zero-order chi connectivity index (χ0) is 13.0. The van der Waals surface area contributed by atoms with E-state index in [0.29, 0.717) is 5.75 Å². The number of pyridine rings is 1. The molecule has 92 valence electrons. The first-order valence-corrected chi connectivity index (χ1v) is 6.20. The standard InChI is InChI=1S/C13H10FNO2S/c14-12-2-1-9(7-11(12)13(16)17)8-18-10-3-5-15-6-4-10/h1-7H,8H2,(H,16,17).